The number of carboxylic acid groups (broad SMARTS) is 5. The van der Waals surface area contributed by atoms with Gasteiger partial charge < -0.3 is 63.3 Å². The molecule has 0 unspecified atom stereocenters. The smallest absolute Gasteiger partial charge is 0.480 e. The number of rotatable bonds is 11. The molecule has 1 heterocycles. The van der Waals surface area contributed by atoms with E-state index in [1.807, 2.05) is 84.9 Å². The van der Waals surface area contributed by atoms with E-state index in [1.54, 1.807) is 0 Å². The van der Waals surface area contributed by atoms with Crippen molar-refractivity contribution in [1.82, 2.24) is 10.4 Å². The number of nitrogens with one attached hydrogen (secondary N) is 1. The van der Waals surface area contributed by atoms with Gasteiger partial charge in [-0.05, 0) is 65.2 Å². The van der Waals surface area contributed by atoms with Gasteiger partial charge in [-0.2, -0.15) is 0 Å². The fraction of sp³-hybridized carbons (Fsp3) is 0.298. The van der Waals surface area contributed by atoms with Crippen LogP contribution in [0.2, 0.25) is 0 Å². The number of carbonyl (C=O) groups excluding carboxylic acids is 4. The lowest BCUT2D eigenvalue weighted by Gasteiger charge is -2.16. The summed E-state index contributed by atoms with van der Waals surface area (Å²) in [6, 6.07) is 27.6. The van der Waals surface area contributed by atoms with Crippen LogP contribution in [0.1, 0.15) is 73.1 Å². The molecular weight excluding hydrogens is 925 g/mol. The normalized spacial score (nSPS) is 15.1. The summed E-state index contributed by atoms with van der Waals surface area (Å²) in [5, 5.41) is 42.6. The number of nitrogens with two attached hydrogens (primary N) is 4. The van der Waals surface area contributed by atoms with Crippen LogP contribution in [-0.2, 0) is 47.9 Å². The topological polar surface area (TPSA) is 402 Å². The second kappa shape index (κ2) is 28.8. The van der Waals surface area contributed by atoms with Gasteiger partial charge in [-0.1, -0.05) is 102 Å². The number of hydrogen-bond acceptors (Lipinski definition) is 16. The predicted octanol–water partition coefficient (Wildman–Crippen LogP) is 2.91. The van der Waals surface area contributed by atoms with E-state index in [4.69, 9.17) is 56.8 Å². The van der Waals surface area contributed by atoms with Gasteiger partial charge in [0.1, 0.15) is 37.9 Å². The SMILES string of the molecule is C[C@H](N)[13C](=O)O.C[C@H]([15NH2])C(=O)O.NCC(=O)O.O=C(NC[13C](=O)O)OCC1c2ccccc2-c2ccccc21.O=C(OCC1c2ccccc2-c2ccccc21)ON1C(=O)CCC1=O.[2H]C([2H])([2H])[C@@]([2H])(N)[13C](=O)O. The molecule has 0 saturated carbocycles. The van der Waals surface area contributed by atoms with Crippen LogP contribution >= 0.6 is 0 Å². The van der Waals surface area contributed by atoms with Crippen molar-refractivity contribution >= 4 is 53.9 Å². The molecule has 0 bridgehead atoms. The second-order valence-electron chi connectivity index (χ2n) is 14.6. The molecule has 376 valence electrons. The number of imide groups is 1. The van der Waals surface area contributed by atoms with E-state index in [0.717, 1.165) is 44.5 Å². The van der Waals surface area contributed by atoms with Gasteiger partial charge in [0.15, 0.2) is 0 Å². The van der Waals surface area contributed by atoms with Crippen molar-refractivity contribution in [3.8, 4) is 22.3 Å². The van der Waals surface area contributed by atoms with Crippen molar-refractivity contribution in [2.75, 3.05) is 26.3 Å². The lowest BCUT2D eigenvalue weighted by molar-refractivity contribution is -0.177. The van der Waals surface area contributed by atoms with Crippen LogP contribution in [-0.4, -0.2) is 129 Å². The zero-order valence-corrected chi connectivity index (χ0v) is 37.7. The Morgan fingerprint density at radius 2 is 0.957 bits per heavy atom. The Bertz CT molecular complexity index is 2520. The van der Waals surface area contributed by atoms with Crippen molar-refractivity contribution in [3.05, 3.63) is 119 Å². The minimum absolute atomic E-state index is 0.0250. The van der Waals surface area contributed by atoms with E-state index < -0.39 is 85.4 Å². The van der Waals surface area contributed by atoms with Crippen molar-refractivity contribution in [3.63, 3.8) is 0 Å². The van der Waals surface area contributed by atoms with Gasteiger partial charge in [-0.15, -0.1) is 0 Å². The fourth-order valence-corrected chi connectivity index (χ4v) is 6.15. The quantitative estimate of drug-likeness (QED) is 0.0447. The second-order valence-corrected chi connectivity index (χ2v) is 14.6. The number of carbonyl (C=O) groups is 9. The molecule has 0 spiro atoms. The van der Waals surface area contributed by atoms with Gasteiger partial charge in [0.05, 0.1) is 7.92 Å². The molecule has 0 aromatic heterocycles. The Kier molecular flexibility index (Phi) is 21.1. The van der Waals surface area contributed by atoms with E-state index >= 15 is 0 Å². The molecule has 70 heavy (non-hydrogen) atoms. The van der Waals surface area contributed by atoms with Gasteiger partial charge in [0.25, 0.3) is 11.8 Å². The molecule has 14 N–H and O–H groups in total. The summed E-state index contributed by atoms with van der Waals surface area (Å²) >= 11 is 0. The summed E-state index contributed by atoms with van der Waals surface area (Å²) in [5.74, 6) is -7.04. The first kappa shape index (κ1) is 51.1. The number of alkyl carbamates (subject to hydrolysis) is 1. The van der Waals surface area contributed by atoms with E-state index in [1.165, 1.54) is 13.8 Å². The molecule has 1 aliphatic heterocycles. The maximum absolute atomic E-state index is 11.9. The van der Waals surface area contributed by atoms with Crippen LogP contribution in [0.15, 0.2) is 97.1 Å². The molecule has 1 saturated heterocycles. The number of ether oxygens (including phenoxy) is 2. The zero-order valence-electron chi connectivity index (χ0n) is 41.7. The van der Waals surface area contributed by atoms with E-state index in [9.17, 15) is 43.2 Å². The Balaban J connectivity index is 0.000000345. The summed E-state index contributed by atoms with van der Waals surface area (Å²) < 4.78 is 36.5. The third kappa shape index (κ3) is 18.4. The molecular formula is C47H56N6O17. The fourth-order valence-electron chi connectivity index (χ4n) is 6.15. The standard InChI is InChI=1S/C19H15NO5.C17H15NO4.3C3H7NO2.C2H5NO2/c21-17-9-10-18(22)20(17)25-19(23)24-11-16-14-7-3-1-5-12(14)13-6-2-4-8-15(13)16;19-16(20)9-18-17(21)22-10-15-13-7-3-1-5-11(13)12-6-2-4-8-14(12)15;3*1-2(4)3(5)6;3-1-2(4)5/h1-8,16H,9-11H2;1-8,15H,9-10H2,(H,18,21)(H,19,20);3*2H,4H2,1H3,(H,5,6);1,3H2,(H,4,5)/t;;3*2-;/m..100./s1/i;16+1;1D3,2D,3+1;4+1;3+1;. The molecule has 3 amide bonds. The average Bonchev–Trinajstić information content (AvgIpc) is 3.97. The molecule has 2 aliphatic carbocycles. The number of hydroxylamine groups is 2. The highest BCUT2D eigenvalue weighted by Crippen LogP contribution is 2.45. The summed E-state index contributed by atoms with van der Waals surface area (Å²) in [6.07, 6.45) is -1.67. The molecule has 7 rings (SSSR count). The molecule has 3 atom stereocenters. The summed E-state index contributed by atoms with van der Waals surface area (Å²) in [4.78, 5) is 99.9. The average molecular weight is 985 g/mol. The van der Waals surface area contributed by atoms with Gasteiger partial charge >= 0.3 is 42.1 Å². The van der Waals surface area contributed by atoms with E-state index in [2.05, 4.69) is 28.9 Å². The molecule has 3 aliphatic rings. The lowest BCUT2D eigenvalue weighted by atomic mass is 9.98. The highest BCUT2D eigenvalue weighted by atomic mass is 16.8. The number of fused-ring (bicyclic) bond motifs is 6. The highest BCUT2D eigenvalue weighted by Gasteiger charge is 2.35. The Morgan fingerprint density at radius 3 is 1.23 bits per heavy atom. The number of hydrogen-bond donors (Lipinski definition) is 10. The molecule has 23 nitrogen and oxygen atoms in total. The maximum atomic E-state index is 11.9. The van der Waals surface area contributed by atoms with E-state index in [0.29, 0.717) is 5.06 Å². The minimum atomic E-state index is -2.99. The van der Waals surface area contributed by atoms with Crippen molar-refractivity contribution in [2.45, 2.75) is 63.5 Å². The first-order valence-corrected chi connectivity index (χ1v) is 20.7. The third-order valence-corrected chi connectivity index (χ3v) is 9.41. The first-order chi connectivity index (χ1) is 34.6. The summed E-state index contributed by atoms with van der Waals surface area (Å²) in [5.41, 5.74) is 27.8. The van der Waals surface area contributed by atoms with Crippen LogP contribution in [0.25, 0.3) is 22.3 Å². The minimum Gasteiger partial charge on any atom is -0.480 e. The number of benzene rings is 4. The third-order valence-electron chi connectivity index (χ3n) is 9.41. The van der Waals surface area contributed by atoms with Crippen LogP contribution in [0.5, 0.6) is 0 Å². The predicted molar refractivity (Wildman–Crippen MR) is 248 cm³/mol. The summed E-state index contributed by atoms with van der Waals surface area (Å²) in [6.45, 7) is -0.622. The first-order valence-electron chi connectivity index (χ1n) is 22.7. The zero-order chi connectivity index (χ0) is 56.1. The molecule has 0 radical (unpaired) electrons. The van der Waals surface area contributed by atoms with Crippen LogP contribution in [0.4, 0.5) is 9.59 Å². The number of amides is 3. The molecule has 1 fully saturated rings. The summed E-state index contributed by atoms with van der Waals surface area (Å²) in [7, 11) is 0. The van der Waals surface area contributed by atoms with Gasteiger partial charge in [-0.3, -0.25) is 38.4 Å². The monoisotopic (exact) mass is 984 g/mol. The highest BCUT2D eigenvalue weighted by molar-refractivity contribution is 6.01. The lowest BCUT2D eigenvalue weighted by Crippen LogP contribution is -2.32. The van der Waals surface area contributed by atoms with Crippen molar-refractivity contribution in [1.29, 1.82) is 0 Å². The number of aliphatic carboxylic acids is 5. The van der Waals surface area contributed by atoms with Gasteiger partial charge in [-0.25, -0.2) is 9.59 Å². The maximum Gasteiger partial charge on any atom is 0.533 e. The van der Waals surface area contributed by atoms with Crippen LogP contribution < -0.4 is 28.3 Å². The van der Waals surface area contributed by atoms with Crippen molar-refractivity contribution in [2.24, 2.45) is 22.9 Å². The largest absolute Gasteiger partial charge is 0.533 e. The van der Waals surface area contributed by atoms with Crippen LogP contribution in [0.3, 0.4) is 0 Å². The molecule has 4 aromatic rings. The Morgan fingerprint density at radius 1 is 0.629 bits per heavy atom. The van der Waals surface area contributed by atoms with Gasteiger partial charge in [0, 0.05) is 28.8 Å². The Labute approximate surface area is 406 Å². The number of carboxylic acids is 5. The van der Waals surface area contributed by atoms with Crippen molar-refractivity contribution < 1.29 is 88.5 Å². The Hall–Kier alpha value is -8.25. The molecule has 23 heteroatoms. The van der Waals surface area contributed by atoms with Crippen LogP contribution in [0, 0.1) is 0 Å². The van der Waals surface area contributed by atoms with Gasteiger partial charge in [0.2, 0.25) is 0 Å². The molecule has 4 aromatic carbocycles. The van der Waals surface area contributed by atoms with E-state index in [-0.39, 0.29) is 44.4 Å². The number of nitrogens with zero attached hydrogens (tertiary/aromatic N) is 1.